The maximum atomic E-state index is 6.01. The zero-order valence-corrected chi connectivity index (χ0v) is 13.8. The average Bonchev–Trinajstić information content (AvgIpc) is 2.91. The molecule has 1 N–H and O–H groups in total. The molecule has 2 nitrogen and oxygen atoms in total. The largest absolute Gasteiger partial charge is 0.459 e. The van der Waals surface area contributed by atoms with Crippen LogP contribution in [0.2, 0.25) is 0 Å². The van der Waals surface area contributed by atoms with E-state index >= 15 is 0 Å². The van der Waals surface area contributed by atoms with Crippen LogP contribution in [-0.4, -0.2) is 18.1 Å². The third-order valence-corrected chi connectivity index (χ3v) is 5.95. The van der Waals surface area contributed by atoms with Crippen molar-refractivity contribution in [2.24, 2.45) is 5.92 Å². The number of nitrogens with one attached hydrogen (secondary N) is 1. The predicted octanol–water partition coefficient (Wildman–Crippen LogP) is 5.01. The van der Waals surface area contributed by atoms with Gasteiger partial charge >= 0.3 is 0 Å². The van der Waals surface area contributed by atoms with Gasteiger partial charge in [-0.05, 0) is 37.9 Å². The highest BCUT2D eigenvalue weighted by Gasteiger charge is 2.22. The molecule has 1 saturated carbocycles. The molecule has 0 saturated heterocycles. The molecule has 1 aliphatic rings. The minimum absolute atomic E-state index is 0.305. The molecule has 21 heavy (non-hydrogen) atoms. The standard InChI is InChI=1S/C18H25NOS/c1-13-6-5-8-15(10-13)21-12-16(19-2)18-11-14-7-3-4-9-17(14)20-18/h3-4,7,9,11,13,15-16,19H,5-6,8,10,12H2,1-2H3. The Balaban J connectivity index is 1.64. The lowest BCUT2D eigenvalue weighted by atomic mass is 9.91. The molecule has 3 heteroatoms. The van der Waals surface area contributed by atoms with Crippen LogP contribution in [0.1, 0.15) is 44.4 Å². The van der Waals surface area contributed by atoms with Crippen LogP contribution in [0, 0.1) is 5.92 Å². The van der Waals surface area contributed by atoms with E-state index in [9.17, 15) is 0 Å². The quantitative estimate of drug-likeness (QED) is 0.841. The summed E-state index contributed by atoms with van der Waals surface area (Å²) in [4.78, 5) is 0. The minimum Gasteiger partial charge on any atom is -0.459 e. The molecule has 0 spiro atoms. The first-order valence-electron chi connectivity index (χ1n) is 8.03. The Morgan fingerprint density at radius 3 is 2.95 bits per heavy atom. The van der Waals surface area contributed by atoms with E-state index in [4.69, 9.17) is 4.42 Å². The van der Waals surface area contributed by atoms with Gasteiger partial charge in [0.2, 0.25) is 0 Å². The molecule has 1 aromatic heterocycles. The number of hydrogen-bond donors (Lipinski definition) is 1. The Morgan fingerprint density at radius 2 is 2.19 bits per heavy atom. The van der Waals surface area contributed by atoms with Gasteiger partial charge in [0, 0.05) is 16.4 Å². The van der Waals surface area contributed by atoms with E-state index in [-0.39, 0.29) is 0 Å². The summed E-state index contributed by atoms with van der Waals surface area (Å²) in [7, 11) is 2.03. The van der Waals surface area contributed by atoms with E-state index in [0.29, 0.717) is 6.04 Å². The number of rotatable bonds is 5. The fourth-order valence-electron chi connectivity index (χ4n) is 3.24. The van der Waals surface area contributed by atoms with Gasteiger partial charge < -0.3 is 9.73 Å². The highest BCUT2D eigenvalue weighted by molar-refractivity contribution is 7.99. The van der Waals surface area contributed by atoms with Gasteiger partial charge in [-0.15, -0.1) is 0 Å². The maximum Gasteiger partial charge on any atom is 0.134 e. The molecule has 1 aromatic carbocycles. The molecule has 3 rings (SSSR count). The van der Waals surface area contributed by atoms with Crippen molar-refractivity contribution < 1.29 is 4.42 Å². The van der Waals surface area contributed by atoms with Crippen molar-refractivity contribution in [1.29, 1.82) is 0 Å². The molecular weight excluding hydrogens is 278 g/mol. The number of fused-ring (bicyclic) bond motifs is 1. The van der Waals surface area contributed by atoms with Gasteiger partial charge in [0.1, 0.15) is 11.3 Å². The molecule has 114 valence electrons. The first-order chi connectivity index (χ1) is 10.3. The topological polar surface area (TPSA) is 25.2 Å². The van der Waals surface area contributed by atoms with Crippen LogP contribution >= 0.6 is 11.8 Å². The van der Waals surface area contributed by atoms with E-state index in [1.165, 1.54) is 31.1 Å². The van der Waals surface area contributed by atoms with E-state index in [1.807, 2.05) is 19.2 Å². The zero-order chi connectivity index (χ0) is 14.7. The van der Waals surface area contributed by atoms with Crippen molar-refractivity contribution in [3.63, 3.8) is 0 Å². The molecule has 3 atom stereocenters. The van der Waals surface area contributed by atoms with E-state index in [1.54, 1.807) is 0 Å². The van der Waals surface area contributed by atoms with Crippen molar-refractivity contribution >= 4 is 22.7 Å². The van der Waals surface area contributed by atoms with Crippen LogP contribution in [0.15, 0.2) is 34.7 Å². The Hall–Kier alpha value is -0.930. The van der Waals surface area contributed by atoms with Gasteiger partial charge in [-0.25, -0.2) is 0 Å². The average molecular weight is 303 g/mol. The number of thioether (sulfide) groups is 1. The summed E-state index contributed by atoms with van der Waals surface area (Å²) in [6.45, 7) is 2.39. The van der Waals surface area contributed by atoms with E-state index in [2.05, 4.69) is 42.2 Å². The summed E-state index contributed by atoms with van der Waals surface area (Å²) in [5, 5.41) is 5.44. The van der Waals surface area contributed by atoms with Gasteiger partial charge in [-0.1, -0.05) is 38.0 Å². The zero-order valence-electron chi connectivity index (χ0n) is 13.0. The Kier molecular flexibility index (Phi) is 4.91. The first kappa shape index (κ1) is 15.0. The van der Waals surface area contributed by atoms with E-state index in [0.717, 1.165) is 28.3 Å². The van der Waals surface area contributed by atoms with Gasteiger partial charge in [-0.3, -0.25) is 0 Å². The Labute approximate surface area is 131 Å². The lowest BCUT2D eigenvalue weighted by Crippen LogP contribution is -2.21. The van der Waals surface area contributed by atoms with Crippen molar-refractivity contribution in [2.45, 2.75) is 43.9 Å². The fourth-order valence-corrected chi connectivity index (χ4v) is 4.84. The molecule has 1 aliphatic carbocycles. The van der Waals surface area contributed by atoms with Crippen LogP contribution in [0.3, 0.4) is 0 Å². The van der Waals surface area contributed by atoms with Crippen molar-refractivity contribution in [3.05, 3.63) is 36.1 Å². The summed E-state index contributed by atoms with van der Waals surface area (Å²) < 4.78 is 6.01. The van der Waals surface area contributed by atoms with Gasteiger partial charge in [-0.2, -0.15) is 11.8 Å². The molecule has 0 radical (unpaired) electrons. The van der Waals surface area contributed by atoms with Crippen molar-refractivity contribution in [2.75, 3.05) is 12.8 Å². The molecule has 0 bridgehead atoms. The van der Waals surface area contributed by atoms with Crippen LogP contribution < -0.4 is 5.32 Å². The molecular formula is C18H25NOS. The number of benzene rings is 1. The second kappa shape index (κ2) is 6.89. The monoisotopic (exact) mass is 303 g/mol. The maximum absolute atomic E-state index is 6.01. The van der Waals surface area contributed by atoms with Gasteiger partial charge in [0.05, 0.1) is 6.04 Å². The van der Waals surface area contributed by atoms with Crippen molar-refractivity contribution in [1.82, 2.24) is 5.32 Å². The molecule has 1 fully saturated rings. The second-order valence-corrected chi connectivity index (χ2v) is 7.59. The number of para-hydroxylation sites is 1. The number of hydrogen-bond acceptors (Lipinski definition) is 3. The molecule has 0 amide bonds. The first-order valence-corrected chi connectivity index (χ1v) is 9.08. The van der Waals surface area contributed by atoms with Gasteiger partial charge in [0.25, 0.3) is 0 Å². The van der Waals surface area contributed by atoms with Crippen LogP contribution in [0.4, 0.5) is 0 Å². The lowest BCUT2D eigenvalue weighted by molar-refractivity contribution is 0.393. The van der Waals surface area contributed by atoms with E-state index < -0.39 is 0 Å². The molecule has 1 heterocycles. The molecule has 3 unspecified atom stereocenters. The van der Waals surface area contributed by atoms with Crippen molar-refractivity contribution in [3.8, 4) is 0 Å². The highest BCUT2D eigenvalue weighted by atomic mass is 32.2. The third kappa shape index (κ3) is 3.64. The Bertz CT molecular complexity index is 546. The number of furan rings is 1. The summed E-state index contributed by atoms with van der Waals surface area (Å²) in [5.74, 6) is 3.05. The van der Waals surface area contributed by atoms with Crippen LogP contribution in [0.25, 0.3) is 11.0 Å². The Morgan fingerprint density at radius 1 is 1.33 bits per heavy atom. The summed E-state index contributed by atoms with van der Waals surface area (Å²) in [6, 6.07) is 10.7. The van der Waals surface area contributed by atoms with Crippen LogP contribution in [0.5, 0.6) is 0 Å². The molecule has 2 aromatic rings. The highest BCUT2D eigenvalue weighted by Crippen LogP contribution is 2.34. The summed E-state index contributed by atoms with van der Waals surface area (Å²) in [5.41, 5.74) is 0.990. The third-order valence-electron chi connectivity index (χ3n) is 4.52. The lowest BCUT2D eigenvalue weighted by Gasteiger charge is -2.27. The molecule has 0 aliphatic heterocycles. The fraction of sp³-hybridized carbons (Fsp3) is 0.556. The van der Waals surface area contributed by atoms with Crippen LogP contribution in [-0.2, 0) is 0 Å². The van der Waals surface area contributed by atoms with Gasteiger partial charge in [0.15, 0.2) is 0 Å². The smallest absolute Gasteiger partial charge is 0.134 e. The summed E-state index contributed by atoms with van der Waals surface area (Å²) in [6.07, 6.45) is 5.57. The minimum atomic E-state index is 0.305. The SMILES string of the molecule is CNC(CSC1CCCC(C)C1)c1cc2ccccc2o1. The normalized spacial score (nSPS) is 24.3. The predicted molar refractivity (Wildman–Crippen MR) is 91.9 cm³/mol. The summed E-state index contributed by atoms with van der Waals surface area (Å²) >= 11 is 2.12. The second-order valence-electron chi connectivity index (χ2n) is 6.25.